The zero-order chi connectivity index (χ0) is 12.1. The van der Waals surface area contributed by atoms with Crippen molar-refractivity contribution in [3.8, 4) is 0 Å². The summed E-state index contributed by atoms with van der Waals surface area (Å²) in [5, 5.41) is 14.2. The third-order valence-corrected chi connectivity index (χ3v) is 2.90. The predicted molar refractivity (Wildman–Crippen MR) is 65.0 cm³/mol. The molecule has 17 heavy (non-hydrogen) atoms. The van der Waals surface area contributed by atoms with Crippen molar-refractivity contribution in [3.63, 3.8) is 0 Å². The molecule has 0 radical (unpaired) electrons. The Morgan fingerprint density at radius 1 is 1.53 bits per heavy atom. The number of anilines is 1. The van der Waals surface area contributed by atoms with E-state index in [0.29, 0.717) is 12.2 Å². The van der Waals surface area contributed by atoms with Gasteiger partial charge in [0, 0.05) is 24.3 Å². The molecular formula is C11H11N3O2S. The second-order valence-corrected chi connectivity index (χ2v) is 4.29. The van der Waals surface area contributed by atoms with Crippen molar-refractivity contribution in [1.29, 1.82) is 0 Å². The second kappa shape index (κ2) is 5.40. The Morgan fingerprint density at radius 3 is 3.12 bits per heavy atom. The fourth-order valence-electron chi connectivity index (χ4n) is 1.30. The van der Waals surface area contributed by atoms with Gasteiger partial charge in [-0.2, -0.15) is 0 Å². The van der Waals surface area contributed by atoms with E-state index in [1.165, 1.54) is 11.3 Å². The van der Waals surface area contributed by atoms with Crippen molar-refractivity contribution in [3.05, 3.63) is 41.2 Å². The fraction of sp³-hybridized carbons (Fsp3) is 0.182. The lowest BCUT2D eigenvalue weighted by Crippen LogP contribution is -2.02. The highest BCUT2D eigenvalue weighted by molar-refractivity contribution is 7.13. The summed E-state index contributed by atoms with van der Waals surface area (Å²) < 4.78 is 0. The summed E-state index contributed by atoms with van der Waals surface area (Å²) in [7, 11) is 0. The minimum atomic E-state index is -0.867. The number of rotatable bonds is 5. The molecule has 0 atom stereocenters. The van der Waals surface area contributed by atoms with Crippen LogP contribution in [0.15, 0.2) is 29.9 Å². The molecule has 2 aromatic rings. The van der Waals surface area contributed by atoms with Crippen molar-refractivity contribution >= 4 is 22.4 Å². The molecule has 0 saturated heterocycles. The molecule has 2 heterocycles. The number of carboxylic acids is 1. The van der Waals surface area contributed by atoms with Gasteiger partial charge in [0.2, 0.25) is 0 Å². The number of thiazole rings is 1. The highest BCUT2D eigenvalue weighted by Gasteiger charge is 2.05. The van der Waals surface area contributed by atoms with Crippen molar-refractivity contribution in [2.75, 3.05) is 5.32 Å². The maximum Gasteiger partial charge on any atom is 0.309 e. The van der Waals surface area contributed by atoms with Gasteiger partial charge in [-0.25, -0.2) is 4.98 Å². The van der Waals surface area contributed by atoms with Gasteiger partial charge in [0.05, 0.1) is 12.1 Å². The van der Waals surface area contributed by atoms with E-state index < -0.39 is 5.97 Å². The van der Waals surface area contributed by atoms with Gasteiger partial charge in [0.25, 0.3) is 0 Å². The molecule has 0 saturated carbocycles. The van der Waals surface area contributed by atoms with Crippen LogP contribution in [0, 0.1) is 0 Å². The number of aliphatic carboxylic acids is 1. The van der Waals surface area contributed by atoms with E-state index in [0.717, 1.165) is 10.7 Å². The van der Waals surface area contributed by atoms with Crippen LogP contribution in [-0.4, -0.2) is 21.0 Å². The number of nitrogens with zero attached hydrogens (tertiary/aromatic N) is 2. The summed E-state index contributed by atoms with van der Waals surface area (Å²) in [6.45, 7) is 0.633. The minimum Gasteiger partial charge on any atom is -0.481 e. The smallest absolute Gasteiger partial charge is 0.309 e. The third-order valence-electron chi connectivity index (χ3n) is 2.05. The van der Waals surface area contributed by atoms with Gasteiger partial charge in [-0.15, -0.1) is 11.3 Å². The van der Waals surface area contributed by atoms with Crippen LogP contribution < -0.4 is 5.32 Å². The predicted octanol–water partition coefficient (Wildman–Crippen LogP) is 1.78. The molecule has 0 aliphatic heterocycles. The van der Waals surface area contributed by atoms with Crippen LogP contribution >= 0.6 is 11.3 Å². The van der Waals surface area contributed by atoms with Crippen LogP contribution in [0.5, 0.6) is 0 Å². The van der Waals surface area contributed by atoms with E-state index in [-0.39, 0.29) is 6.42 Å². The van der Waals surface area contributed by atoms with Gasteiger partial charge in [0.15, 0.2) is 5.13 Å². The van der Waals surface area contributed by atoms with Gasteiger partial charge >= 0.3 is 5.97 Å². The average molecular weight is 249 g/mol. The first-order valence-corrected chi connectivity index (χ1v) is 5.91. The van der Waals surface area contributed by atoms with Gasteiger partial charge in [-0.05, 0) is 11.6 Å². The van der Waals surface area contributed by atoms with Gasteiger partial charge in [-0.1, -0.05) is 6.07 Å². The number of carbonyl (C=O) groups is 1. The first-order valence-electron chi connectivity index (χ1n) is 5.03. The number of hydrogen-bond acceptors (Lipinski definition) is 5. The Hall–Kier alpha value is -1.95. The molecular weight excluding hydrogens is 238 g/mol. The van der Waals surface area contributed by atoms with Crippen molar-refractivity contribution in [1.82, 2.24) is 9.97 Å². The number of pyridine rings is 1. The lowest BCUT2D eigenvalue weighted by atomic mass is 10.3. The Balaban J connectivity index is 1.91. The monoisotopic (exact) mass is 249 g/mol. The normalized spacial score (nSPS) is 10.1. The zero-order valence-corrected chi connectivity index (χ0v) is 9.78. The van der Waals surface area contributed by atoms with Crippen molar-refractivity contribution < 1.29 is 9.90 Å². The average Bonchev–Trinajstić information content (AvgIpc) is 2.75. The topological polar surface area (TPSA) is 75.1 Å². The first-order chi connectivity index (χ1) is 8.24. The van der Waals surface area contributed by atoms with E-state index in [2.05, 4.69) is 15.3 Å². The first kappa shape index (κ1) is 11.5. The van der Waals surface area contributed by atoms with Gasteiger partial charge < -0.3 is 10.4 Å². The van der Waals surface area contributed by atoms with Crippen LogP contribution in [0.25, 0.3) is 0 Å². The standard InChI is InChI=1S/C11H11N3O2S/c15-10(16)4-9-7-17-11(14-9)13-6-8-2-1-3-12-5-8/h1-3,5,7H,4,6H2,(H,13,14)(H,15,16). The summed E-state index contributed by atoms with van der Waals surface area (Å²) >= 11 is 1.40. The number of aromatic nitrogens is 2. The van der Waals surface area contributed by atoms with E-state index >= 15 is 0 Å². The molecule has 0 aliphatic carbocycles. The van der Waals surface area contributed by atoms with Crippen molar-refractivity contribution in [2.24, 2.45) is 0 Å². The number of carboxylic acid groups (broad SMARTS) is 1. The molecule has 0 unspecified atom stereocenters. The summed E-state index contributed by atoms with van der Waals surface area (Å²) in [6.07, 6.45) is 3.46. The van der Waals surface area contributed by atoms with Crippen LogP contribution in [0.1, 0.15) is 11.3 Å². The molecule has 6 heteroatoms. The van der Waals surface area contributed by atoms with Gasteiger partial charge in [-0.3, -0.25) is 9.78 Å². The third kappa shape index (κ3) is 3.53. The lowest BCUT2D eigenvalue weighted by Gasteiger charge is -2.01. The lowest BCUT2D eigenvalue weighted by molar-refractivity contribution is -0.136. The SMILES string of the molecule is O=C(O)Cc1csc(NCc2cccnc2)n1. The Kier molecular flexibility index (Phi) is 3.66. The van der Waals surface area contributed by atoms with E-state index in [9.17, 15) is 4.79 Å². The second-order valence-electron chi connectivity index (χ2n) is 3.43. The maximum absolute atomic E-state index is 10.5. The maximum atomic E-state index is 10.5. The largest absolute Gasteiger partial charge is 0.481 e. The Morgan fingerprint density at radius 2 is 2.41 bits per heavy atom. The zero-order valence-electron chi connectivity index (χ0n) is 8.96. The Labute approximate surface area is 102 Å². The van der Waals surface area contributed by atoms with Gasteiger partial charge in [0.1, 0.15) is 0 Å². The molecule has 0 bridgehead atoms. The number of hydrogen-bond donors (Lipinski definition) is 2. The molecule has 88 valence electrons. The molecule has 0 spiro atoms. The summed E-state index contributed by atoms with van der Waals surface area (Å²) in [4.78, 5) is 18.7. The van der Waals surface area contributed by atoms with Crippen molar-refractivity contribution in [2.45, 2.75) is 13.0 Å². The van der Waals surface area contributed by atoms with E-state index in [1.807, 2.05) is 12.1 Å². The highest BCUT2D eigenvalue weighted by Crippen LogP contribution is 2.16. The fourth-order valence-corrected chi connectivity index (χ4v) is 2.01. The van der Waals surface area contributed by atoms with Crippen LogP contribution in [-0.2, 0) is 17.8 Å². The molecule has 0 aliphatic rings. The van der Waals surface area contributed by atoms with E-state index in [1.54, 1.807) is 17.8 Å². The van der Waals surface area contributed by atoms with Crippen LogP contribution in [0.4, 0.5) is 5.13 Å². The molecule has 0 fully saturated rings. The quantitative estimate of drug-likeness (QED) is 0.844. The molecule has 2 N–H and O–H groups in total. The molecule has 0 aromatic carbocycles. The van der Waals surface area contributed by atoms with Crippen LogP contribution in [0.3, 0.4) is 0 Å². The summed E-state index contributed by atoms with van der Waals surface area (Å²) in [5.41, 5.74) is 1.64. The summed E-state index contributed by atoms with van der Waals surface area (Å²) in [6, 6.07) is 3.83. The minimum absolute atomic E-state index is 0.0366. The molecule has 5 nitrogen and oxygen atoms in total. The molecule has 2 rings (SSSR count). The number of nitrogens with one attached hydrogen (secondary N) is 1. The summed E-state index contributed by atoms with van der Waals surface area (Å²) in [5.74, 6) is -0.867. The molecule has 2 aromatic heterocycles. The molecule has 0 amide bonds. The highest BCUT2D eigenvalue weighted by atomic mass is 32.1. The Bertz CT molecular complexity index is 498. The van der Waals surface area contributed by atoms with Crippen LogP contribution in [0.2, 0.25) is 0 Å². The van der Waals surface area contributed by atoms with E-state index in [4.69, 9.17) is 5.11 Å².